The Morgan fingerprint density at radius 2 is 1.75 bits per heavy atom. The summed E-state index contributed by atoms with van der Waals surface area (Å²) in [6, 6.07) is 3.54. The average molecular weight is 283 g/mol. The smallest absolute Gasteiger partial charge is 0.344 e. The third-order valence-corrected chi connectivity index (χ3v) is 2.72. The van der Waals surface area contributed by atoms with Crippen LogP contribution in [-0.4, -0.2) is 37.4 Å². The van der Waals surface area contributed by atoms with E-state index in [1.54, 1.807) is 12.1 Å². The quantitative estimate of drug-likeness (QED) is 0.787. The molecule has 1 aromatic carbocycles. The number of benzene rings is 1. The second-order valence-electron chi connectivity index (χ2n) is 4.61. The molecule has 0 aliphatic carbocycles. The SMILES string of the molecule is COc1cc(CC(C)N)cc(OC)c1OC(C)C(=O)O. The third kappa shape index (κ3) is 4.03. The van der Waals surface area contributed by atoms with Gasteiger partial charge in [-0.3, -0.25) is 0 Å². The van der Waals surface area contributed by atoms with Gasteiger partial charge in [0.25, 0.3) is 0 Å². The van der Waals surface area contributed by atoms with E-state index in [-0.39, 0.29) is 11.8 Å². The largest absolute Gasteiger partial charge is 0.493 e. The first-order valence-electron chi connectivity index (χ1n) is 6.29. The predicted molar refractivity (Wildman–Crippen MR) is 74.6 cm³/mol. The molecule has 0 aliphatic rings. The third-order valence-electron chi connectivity index (χ3n) is 2.72. The number of carboxylic acids is 1. The Hall–Kier alpha value is -1.95. The number of ether oxygens (including phenoxy) is 3. The summed E-state index contributed by atoms with van der Waals surface area (Å²) in [7, 11) is 2.98. The monoisotopic (exact) mass is 283 g/mol. The van der Waals surface area contributed by atoms with E-state index >= 15 is 0 Å². The molecule has 6 nitrogen and oxygen atoms in total. The minimum atomic E-state index is -1.06. The molecule has 0 bridgehead atoms. The highest BCUT2D eigenvalue weighted by Crippen LogP contribution is 2.39. The van der Waals surface area contributed by atoms with Crippen molar-refractivity contribution < 1.29 is 24.1 Å². The topological polar surface area (TPSA) is 91.0 Å². The van der Waals surface area contributed by atoms with Gasteiger partial charge in [0.15, 0.2) is 17.6 Å². The van der Waals surface area contributed by atoms with Crippen molar-refractivity contribution in [1.29, 1.82) is 0 Å². The minimum absolute atomic E-state index is 0.00544. The van der Waals surface area contributed by atoms with Crippen LogP contribution in [0.1, 0.15) is 19.4 Å². The van der Waals surface area contributed by atoms with Crippen LogP contribution in [0, 0.1) is 0 Å². The summed E-state index contributed by atoms with van der Waals surface area (Å²) >= 11 is 0. The molecule has 0 aliphatic heterocycles. The minimum Gasteiger partial charge on any atom is -0.493 e. The van der Waals surface area contributed by atoms with Gasteiger partial charge in [0, 0.05) is 6.04 Å². The van der Waals surface area contributed by atoms with Gasteiger partial charge in [-0.25, -0.2) is 4.79 Å². The molecule has 1 aromatic rings. The number of hydrogen-bond donors (Lipinski definition) is 2. The van der Waals surface area contributed by atoms with Crippen molar-refractivity contribution in [2.24, 2.45) is 5.73 Å². The Balaban J connectivity index is 3.17. The van der Waals surface area contributed by atoms with Crippen LogP contribution in [0.4, 0.5) is 0 Å². The van der Waals surface area contributed by atoms with Crippen molar-refractivity contribution in [3.05, 3.63) is 17.7 Å². The number of aliphatic carboxylic acids is 1. The molecule has 0 saturated heterocycles. The molecule has 0 fully saturated rings. The summed E-state index contributed by atoms with van der Waals surface area (Å²) in [5, 5.41) is 8.92. The molecule has 0 spiro atoms. The molecule has 1 rings (SSSR count). The number of rotatable bonds is 7. The van der Waals surface area contributed by atoms with Crippen LogP contribution in [0.2, 0.25) is 0 Å². The molecule has 0 aromatic heterocycles. The van der Waals surface area contributed by atoms with Crippen LogP contribution >= 0.6 is 0 Å². The molecule has 112 valence electrons. The second-order valence-corrected chi connectivity index (χ2v) is 4.61. The molecule has 2 unspecified atom stereocenters. The van der Waals surface area contributed by atoms with Gasteiger partial charge < -0.3 is 25.1 Å². The number of carboxylic acid groups (broad SMARTS) is 1. The van der Waals surface area contributed by atoms with Gasteiger partial charge in [0.2, 0.25) is 5.75 Å². The first-order valence-corrected chi connectivity index (χ1v) is 6.29. The zero-order valence-electron chi connectivity index (χ0n) is 12.2. The van der Waals surface area contributed by atoms with Crippen molar-refractivity contribution >= 4 is 5.97 Å². The summed E-state index contributed by atoms with van der Waals surface area (Å²) in [6.45, 7) is 3.34. The zero-order valence-corrected chi connectivity index (χ0v) is 12.2. The van der Waals surface area contributed by atoms with Crippen LogP contribution in [0.25, 0.3) is 0 Å². The number of methoxy groups -OCH3 is 2. The Bertz CT molecular complexity index is 448. The molecule has 3 N–H and O–H groups in total. The highest BCUT2D eigenvalue weighted by atomic mass is 16.6. The van der Waals surface area contributed by atoms with Crippen LogP contribution in [0.15, 0.2) is 12.1 Å². The molecular formula is C14H21NO5. The van der Waals surface area contributed by atoms with Crippen molar-refractivity contribution in [2.75, 3.05) is 14.2 Å². The van der Waals surface area contributed by atoms with Gasteiger partial charge in [-0.05, 0) is 38.0 Å². The van der Waals surface area contributed by atoms with Crippen molar-refractivity contribution in [2.45, 2.75) is 32.4 Å². The summed E-state index contributed by atoms with van der Waals surface area (Å²) in [5.41, 5.74) is 6.71. The molecule has 0 amide bonds. The predicted octanol–water partition coefficient (Wildman–Crippen LogP) is 1.45. The first kappa shape index (κ1) is 16.1. The maximum atomic E-state index is 10.9. The van der Waals surface area contributed by atoms with E-state index in [0.717, 1.165) is 5.56 Å². The lowest BCUT2D eigenvalue weighted by Gasteiger charge is -2.18. The lowest BCUT2D eigenvalue weighted by Crippen LogP contribution is -2.23. The van der Waals surface area contributed by atoms with E-state index in [2.05, 4.69) is 0 Å². The van der Waals surface area contributed by atoms with E-state index in [4.69, 9.17) is 25.1 Å². The van der Waals surface area contributed by atoms with E-state index in [0.29, 0.717) is 17.9 Å². The van der Waals surface area contributed by atoms with Crippen LogP contribution in [0.3, 0.4) is 0 Å². The molecule has 0 saturated carbocycles. The fourth-order valence-electron chi connectivity index (χ4n) is 1.77. The average Bonchev–Trinajstić information content (AvgIpc) is 2.38. The maximum Gasteiger partial charge on any atom is 0.344 e. The molecule has 2 atom stereocenters. The summed E-state index contributed by atoms with van der Waals surface area (Å²) in [6.07, 6.45) is -0.348. The van der Waals surface area contributed by atoms with Crippen LogP contribution < -0.4 is 19.9 Å². The lowest BCUT2D eigenvalue weighted by molar-refractivity contribution is -0.144. The van der Waals surface area contributed by atoms with Gasteiger partial charge in [-0.15, -0.1) is 0 Å². The van der Waals surface area contributed by atoms with Gasteiger partial charge in [0.1, 0.15) is 0 Å². The summed E-state index contributed by atoms with van der Waals surface area (Å²) < 4.78 is 15.9. The molecule has 0 radical (unpaired) electrons. The van der Waals surface area contributed by atoms with E-state index in [9.17, 15) is 4.79 Å². The molecule has 20 heavy (non-hydrogen) atoms. The number of hydrogen-bond acceptors (Lipinski definition) is 5. The van der Waals surface area contributed by atoms with Gasteiger partial charge >= 0.3 is 5.97 Å². The number of nitrogens with two attached hydrogens (primary N) is 1. The number of carbonyl (C=O) groups is 1. The normalized spacial score (nSPS) is 13.4. The first-order chi connectivity index (χ1) is 9.38. The van der Waals surface area contributed by atoms with Crippen LogP contribution in [0.5, 0.6) is 17.2 Å². The standard InChI is InChI=1S/C14H21NO5/c1-8(15)5-10-6-11(18-3)13(12(7-10)19-4)20-9(2)14(16)17/h6-9H,5,15H2,1-4H3,(H,16,17). The molecule has 6 heteroatoms. The van der Waals surface area contributed by atoms with Gasteiger partial charge in [-0.2, -0.15) is 0 Å². The highest BCUT2D eigenvalue weighted by Gasteiger charge is 2.20. The molecule has 0 heterocycles. The van der Waals surface area contributed by atoms with Gasteiger partial charge in [-0.1, -0.05) is 0 Å². The summed E-state index contributed by atoms with van der Waals surface area (Å²) in [5.74, 6) is 0.0632. The fourth-order valence-corrected chi connectivity index (χ4v) is 1.77. The maximum absolute atomic E-state index is 10.9. The Labute approximate surface area is 118 Å². The van der Waals surface area contributed by atoms with E-state index < -0.39 is 12.1 Å². The van der Waals surface area contributed by atoms with E-state index in [1.807, 2.05) is 6.92 Å². The Kier molecular flexibility index (Phi) is 5.64. The Morgan fingerprint density at radius 3 is 2.10 bits per heavy atom. The fraction of sp³-hybridized carbons (Fsp3) is 0.500. The second kappa shape index (κ2) is 7.00. The van der Waals surface area contributed by atoms with Crippen molar-refractivity contribution in [1.82, 2.24) is 0 Å². The lowest BCUT2D eigenvalue weighted by atomic mass is 10.1. The van der Waals surface area contributed by atoms with E-state index in [1.165, 1.54) is 21.1 Å². The van der Waals surface area contributed by atoms with Gasteiger partial charge in [0.05, 0.1) is 14.2 Å². The summed E-state index contributed by atoms with van der Waals surface area (Å²) in [4.78, 5) is 10.9. The van der Waals surface area contributed by atoms with Crippen molar-refractivity contribution in [3.8, 4) is 17.2 Å². The zero-order chi connectivity index (χ0) is 15.3. The Morgan fingerprint density at radius 1 is 1.25 bits per heavy atom. The van der Waals surface area contributed by atoms with Crippen molar-refractivity contribution in [3.63, 3.8) is 0 Å². The molecular weight excluding hydrogens is 262 g/mol. The highest BCUT2D eigenvalue weighted by molar-refractivity contribution is 5.72. The van der Waals surface area contributed by atoms with Crippen LogP contribution in [-0.2, 0) is 11.2 Å².